The Morgan fingerprint density at radius 3 is 3.00 bits per heavy atom. The first-order chi connectivity index (χ1) is 3.00. The van der Waals surface area contributed by atoms with E-state index in [2.05, 4.69) is 23.5 Å². The average Bonchev–Trinajstić information content (AvgIpc) is 1.72. The summed E-state index contributed by atoms with van der Waals surface area (Å²) in [6.45, 7) is 5.27. The highest BCUT2D eigenvalue weighted by Gasteiger charge is 1.89. The fourth-order valence-electron chi connectivity index (χ4n) is 0.260. The van der Waals surface area contributed by atoms with Gasteiger partial charge in [-0.15, -0.1) is 0 Å². The molecule has 0 atom stereocenters. The molecule has 1 aliphatic rings. The van der Waals surface area contributed by atoms with Crippen LogP contribution in [0, 0.1) is 13.2 Å². The van der Waals surface area contributed by atoms with Crippen LogP contribution in [0.15, 0.2) is 4.99 Å². The molecule has 1 rings (SSSR count). The van der Waals surface area contributed by atoms with E-state index in [1.54, 1.807) is 6.21 Å². The third-order valence-corrected chi connectivity index (χ3v) is 0.493. The van der Waals surface area contributed by atoms with Gasteiger partial charge in [-0.1, -0.05) is 0 Å². The van der Waals surface area contributed by atoms with Crippen molar-refractivity contribution in [1.82, 2.24) is 5.32 Å². The molecule has 6 heavy (non-hydrogen) atoms. The molecular formula is C4H4N2. The van der Waals surface area contributed by atoms with Crippen molar-refractivity contribution in [3.63, 3.8) is 0 Å². The number of nitrogens with one attached hydrogen (secondary N) is 1. The van der Waals surface area contributed by atoms with Crippen LogP contribution in [0.3, 0.4) is 0 Å². The predicted molar refractivity (Wildman–Crippen MR) is 22.7 cm³/mol. The Kier molecular flexibility index (Phi) is 1.22. The van der Waals surface area contributed by atoms with Gasteiger partial charge in [0.05, 0.1) is 6.54 Å². The van der Waals surface area contributed by atoms with Gasteiger partial charge in [-0.25, -0.2) is 0 Å². The molecule has 1 aliphatic heterocycles. The number of aliphatic imine (C=N–C) groups is 1. The summed E-state index contributed by atoms with van der Waals surface area (Å²) in [6, 6.07) is 0. The number of rotatable bonds is 0. The lowest BCUT2D eigenvalue weighted by Gasteiger charge is -1.97. The number of hydrogen-bond donors (Lipinski definition) is 1. The molecule has 0 unspecified atom stereocenters. The number of nitrogens with zero attached hydrogens (tertiary/aromatic N) is 1. The lowest BCUT2D eigenvalue weighted by molar-refractivity contribution is 0.882. The third kappa shape index (κ3) is 0.792. The molecule has 0 aliphatic carbocycles. The van der Waals surface area contributed by atoms with Crippen LogP contribution < -0.4 is 5.32 Å². The Labute approximate surface area is 37.3 Å². The first-order valence-electron chi connectivity index (χ1n) is 1.74. The van der Waals surface area contributed by atoms with Crippen LogP contribution in [-0.2, 0) is 0 Å². The second-order valence-electron chi connectivity index (χ2n) is 0.929. The van der Waals surface area contributed by atoms with Crippen LogP contribution in [0.25, 0.3) is 0 Å². The third-order valence-electron chi connectivity index (χ3n) is 0.493. The molecule has 0 aromatic rings. The van der Waals surface area contributed by atoms with E-state index in [-0.39, 0.29) is 0 Å². The van der Waals surface area contributed by atoms with Crippen LogP contribution in [0.5, 0.6) is 0 Å². The van der Waals surface area contributed by atoms with Gasteiger partial charge in [0.1, 0.15) is 0 Å². The van der Waals surface area contributed by atoms with Crippen molar-refractivity contribution in [3.05, 3.63) is 13.2 Å². The largest absolute Gasteiger partial charge is 0.277 e. The normalized spacial score (nSPS) is 21.3. The summed E-state index contributed by atoms with van der Waals surface area (Å²) in [4.78, 5) is 3.63. The van der Waals surface area contributed by atoms with Gasteiger partial charge in [0.15, 0.2) is 6.67 Å². The molecule has 0 fully saturated rings. The zero-order chi connectivity index (χ0) is 4.24. The van der Waals surface area contributed by atoms with E-state index in [1.165, 1.54) is 0 Å². The first-order valence-corrected chi connectivity index (χ1v) is 1.74. The molecule has 1 N–H and O–H groups in total. The highest BCUT2D eigenvalue weighted by molar-refractivity contribution is 5.60. The van der Waals surface area contributed by atoms with Crippen LogP contribution in [0.2, 0.25) is 0 Å². The summed E-state index contributed by atoms with van der Waals surface area (Å²) >= 11 is 0. The zero-order valence-corrected chi connectivity index (χ0v) is 3.23. The molecule has 4 radical (unpaired) electrons. The van der Waals surface area contributed by atoms with Crippen molar-refractivity contribution in [2.75, 3.05) is 0 Å². The van der Waals surface area contributed by atoms with Crippen LogP contribution >= 0.6 is 0 Å². The van der Waals surface area contributed by atoms with Crippen LogP contribution in [0.4, 0.5) is 0 Å². The molecule has 0 bridgehead atoms. The van der Waals surface area contributed by atoms with Gasteiger partial charge in [0.2, 0.25) is 0 Å². The molecular weight excluding hydrogens is 76.1 g/mol. The van der Waals surface area contributed by atoms with Crippen molar-refractivity contribution in [1.29, 1.82) is 0 Å². The summed E-state index contributed by atoms with van der Waals surface area (Å²) in [5, 5.41) is 2.59. The van der Waals surface area contributed by atoms with Gasteiger partial charge in [0.25, 0.3) is 0 Å². The molecule has 0 aromatic carbocycles. The fraction of sp³-hybridized carbons (Fsp3) is 0.250. The van der Waals surface area contributed by atoms with Crippen molar-refractivity contribution in [3.8, 4) is 0 Å². The van der Waals surface area contributed by atoms with Gasteiger partial charge < -0.3 is 0 Å². The molecule has 2 nitrogen and oxygen atoms in total. The molecule has 30 valence electrons. The van der Waals surface area contributed by atoms with Gasteiger partial charge in [-0.2, -0.15) is 0 Å². The SMILES string of the molecule is [C]1CC=N[C]N1. The summed E-state index contributed by atoms with van der Waals surface area (Å²) in [7, 11) is 0. The maximum Gasteiger partial charge on any atom is 0.196 e. The Morgan fingerprint density at radius 2 is 2.83 bits per heavy atom. The van der Waals surface area contributed by atoms with Gasteiger partial charge in [0, 0.05) is 12.6 Å². The summed E-state index contributed by atoms with van der Waals surface area (Å²) in [5.74, 6) is 0. The van der Waals surface area contributed by atoms with Crippen LogP contribution in [-0.4, -0.2) is 6.21 Å². The molecule has 1 heterocycles. The highest BCUT2D eigenvalue weighted by Crippen LogP contribution is 1.86. The number of hydrogen-bond acceptors (Lipinski definition) is 2. The minimum atomic E-state index is 0.785. The standard InChI is InChI=1S/C4H4N2/c1-2-5-4-6-3-1/h2,6H,1H2. The van der Waals surface area contributed by atoms with Crippen molar-refractivity contribution in [2.24, 2.45) is 4.99 Å². The zero-order valence-electron chi connectivity index (χ0n) is 3.23. The van der Waals surface area contributed by atoms with E-state index in [0.717, 1.165) is 6.42 Å². The van der Waals surface area contributed by atoms with E-state index in [9.17, 15) is 0 Å². The smallest absolute Gasteiger partial charge is 0.196 e. The van der Waals surface area contributed by atoms with E-state index in [1.807, 2.05) is 0 Å². The van der Waals surface area contributed by atoms with E-state index in [0.29, 0.717) is 0 Å². The summed E-state index contributed by atoms with van der Waals surface area (Å²) in [5.41, 5.74) is 0. The van der Waals surface area contributed by atoms with Gasteiger partial charge in [-0.05, 0) is 0 Å². The average molecular weight is 80.1 g/mol. The lowest BCUT2D eigenvalue weighted by Crippen LogP contribution is -2.08. The Morgan fingerprint density at radius 1 is 1.83 bits per heavy atom. The van der Waals surface area contributed by atoms with E-state index < -0.39 is 0 Å². The molecule has 0 saturated carbocycles. The minimum absolute atomic E-state index is 0.785. The van der Waals surface area contributed by atoms with Gasteiger partial charge in [-0.3, -0.25) is 10.3 Å². The monoisotopic (exact) mass is 80.0 g/mol. The van der Waals surface area contributed by atoms with Crippen LogP contribution in [0.1, 0.15) is 6.42 Å². The van der Waals surface area contributed by atoms with Gasteiger partial charge >= 0.3 is 0 Å². The molecule has 0 spiro atoms. The van der Waals surface area contributed by atoms with Crippen molar-refractivity contribution in [2.45, 2.75) is 6.42 Å². The maximum absolute atomic E-state index is 3.63. The summed E-state index contributed by atoms with van der Waals surface area (Å²) < 4.78 is 0. The maximum atomic E-state index is 3.63. The summed E-state index contributed by atoms with van der Waals surface area (Å²) in [6.07, 6.45) is 2.52. The molecule has 0 amide bonds. The topological polar surface area (TPSA) is 24.4 Å². The second kappa shape index (κ2) is 1.92. The Bertz CT molecular complexity index is 50.6. The second-order valence-corrected chi connectivity index (χ2v) is 0.929. The Hall–Kier alpha value is -0.370. The predicted octanol–water partition coefficient (Wildman–Crippen LogP) is 0.0856. The minimum Gasteiger partial charge on any atom is -0.277 e. The Balaban J connectivity index is 2.26. The lowest BCUT2D eigenvalue weighted by atomic mass is 10.4. The highest BCUT2D eigenvalue weighted by atomic mass is 15.0. The molecule has 0 saturated heterocycles. The molecule has 0 aromatic heterocycles. The first kappa shape index (κ1) is 3.81. The van der Waals surface area contributed by atoms with E-state index >= 15 is 0 Å². The fourth-order valence-corrected chi connectivity index (χ4v) is 0.260. The quantitative estimate of drug-likeness (QED) is 0.438. The van der Waals surface area contributed by atoms with Crippen molar-refractivity contribution < 1.29 is 0 Å². The molecule has 2 heteroatoms. The van der Waals surface area contributed by atoms with Crippen molar-refractivity contribution >= 4 is 6.21 Å². The van der Waals surface area contributed by atoms with E-state index in [4.69, 9.17) is 0 Å².